The SMILES string of the molecule is CC(N)C(=O)NC(CCC(=O)O)C(=O)NC(CCCCN)C(=O)NC(Cc1ccccc1)C(=O)O. The van der Waals surface area contributed by atoms with E-state index < -0.39 is 60.2 Å². The summed E-state index contributed by atoms with van der Waals surface area (Å²) in [5.74, 6) is -4.55. The Morgan fingerprint density at radius 1 is 0.829 bits per heavy atom. The first-order valence-electron chi connectivity index (χ1n) is 11.4. The van der Waals surface area contributed by atoms with Gasteiger partial charge in [-0.05, 0) is 44.7 Å². The molecule has 0 radical (unpaired) electrons. The normalized spacial score (nSPS) is 14.1. The number of hydrogen-bond donors (Lipinski definition) is 7. The van der Waals surface area contributed by atoms with Crippen LogP contribution in [0, 0.1) is 0 Å². The molecule has 0 saturated heterocycles. The predicted octanol–water partition coefficient (Wildman–Crippen LogP) is -0.891. The number of amides is 3. The standard InChI is InChI=1S/C23H35N5O7/c1-14(25)20(31)26-17(10-11-19(29)30)22(33)27-16(9-5-6-12-24)21(32)28-18(23(34)35)13-15-7-3-2-4-8-15/h2-4,7-8,14,16-18H,5-6,9-13,24-25H2,1H3,(H,26,31)(H,27,33)(H,28,32)(H,29,30)(H,34,35). The van der Waals surface area contributed by atoms with Gasteiger partial charge in [0.05, 0.1) is 6.04 Å². The van der Waals surface area contributed by atoms with Crippen molar-refractivity contribution in [1.29, 1.82) is 0 Å². The average molecular weight is 494 g/mol. The number of carbonyl (C=O) groups is 5. The zero-order chi connectivity index (χ0) is 26.4. The van der Waals surface area contributed by atoms with E-state index in [1.807, 2.05) is 0 Å². The van der Waals surface area contributed by atoms with Gasteiger partial charge in [0.1, 0.15) is 18.1 Å². The van der Waals surface area contributed by atoms with Gasteiger partial charge in [0.25, 0.3) is 0 Å². The van der Waals surface area contributed by atoms with Crippen molar-refractivity contribution in [1.82, 2.24) is 16.0 Å². The van der Waals surface area contributed by atoms with Gasteiger partial charge in [-0.1, -0.05) is 30.3 Å². The highest BCUT2D eigenvalue weighted by molar-refractivity contribution is 5.94. The summed E-state index contributed by atoms with van der Waals surface area (Å²) in [7, 11) is 0. The minimum Gasteiger partial charge on any atom is -0.481 e. The molecular weight excluding hydrogens is 458 g/mol. The Morgan fingerprint density at radius 2 is 1.37 bits per heavy atom. The number of aliphatic carboxylic acids is 2. The third kappa shape index (κ3) is 11.5. The molecule has 0 saturated carbocycles. The molecule has 1 aromatic rings. The van der Waals surface area contributed by atoms with Gasteiger partial charge in [-0.2, -0.15) is 0 Å². The lowest BCUT2D eigenvalue weighted by molar-refractivity contribution is -0.142. The van der Waals surface area contributed by atoms with Crippen molar-refractivity contribution in [2.24, 2.45) is 11.5 Å². The van der Waals surface area contributed by atoms with Crippen LogP contribution in [0.4, 0.5) is 0 Å². The monoisotopic (exact) mass is 493 g/mol. The van der Waals surface area contributed by atoms with Gasteiger partial charge in [-0.25, -0.2) is 4.79 Å². The summed E-state index contributed by atoms with van der Waals surface area (Å²) >= 11 is 0. The van der Waals surface area contributed by atoms with Gasteiger partial charge in [0.15, 0.2) is 0 Å². The molecule has 35 heavy (non-hydrogen) atoms. The topological polar surface area (TPSA) is 214 Å². The molecule has 0 aliphatic carbocycles. The van der Waals surface area contributed by atoms with Gasteiger partial charge < -0.3 is 37.6 Å². The molecule has 1 aromatic carbocycles. The maximum Gasteiger partial charge on any atom is 0.326 e. The minimum absolute atomic E-state index is 0.0388. The molecule has 9 N–H and O–H groups in total. The fourth-order valence-corrected chi connectivity index (χ4v) is 3.20. The third-order valence-corrected chi connectivity index (χ3v) is 5.17. The Bertz CT molecular complexity index is 863. The molecule has 0 aliphatic rings. The van der Waals surface area contributed by atoms with Crippen LogP contribution in [-0.2, 0) is 30.4 Å². The molecule has 0 aliphatic heterocycles. The second kappa shape index (κ2) is 15.4. The highest BCUT2D eigenvalue weighted by Crippen LogP contribution is 2.08. The molecule has 194 valence electrons. The maximum absolute atomic E-state index is 13.0. The van der Waals surface area contributed by atoms with E-state index in [1.165, 1.54) is 6.92 Å². The van der Waals surface area contributed by atoms with E-state index >= 15 is 0 Å². The summed E-state index contributed by atoms with van der Waals surface area (Å²) in [6, 6.07) is 4.21. The third-order valence-electron chi connectivity index (χ3n) is 5.17. The van der Waals surface area contributed by atoms with Crippen molar-refractivity contribution < 1.29 is 34.2 Å². The lowest BCUT2D eigenvalue weighted by Crippen LogP contribution is -2.57. The number of carbonyl (C=O) groups excluding carboxylic acids is 3. The first kappa shape index (κ1) is 29.5. The van der Waals surface area contributed by atoms with Gasteiger partial charge >= 0.3 is 11.9 Å². The first-order valence-corrected chi connectivity index (χ1v) is 11.4. The maximum atomic E-state index is 13.0. The van der Waals surface area contributed by atoms with Gasteiger partial charge in [-0.15, -0.1) is 0 Å². The van der Waals surface area contributed by atoms with Crippen molar-refractivity contribution in [3.63, 3.8) is 0 Å². The Labute approximate surface area is 203 Å². The molecule has 0 aromatic heterocycles. The Hall–Kier alpha value is -3.51. The molecule has 0 heterocycles. The van der Waals surface area contributed by atoms with E-state index in [2.05, 4.69) is 16.0 Å². The number of carboxylic acid groups (broad SMARTS) is 2. The molecule has 0 spiro atoms. The van der Waals surface area contributed by atoms with E-state index in [1.54, 1.807) is 30.3 Å². The van der Waals surface area contributed by atoms with Crippen LogP contribution in [0.2, 0.25) is 0 Å². The molecule has 4 atom stereocenters. The summed E-state index contributed by atoms with van der Waals surface area (Å²) in [6.45, 7) is 1.77. The number of carboxylic acids is 2. The molecule has 3 amide bonds. The second-order valence-electron chi connectivity index (χ2n) is 8.22. The molecule has 0 bridgehead atoms. The van der Waals surface area contributed by atoms with Gasteiger partial charge in [0, 0.05) is 12.8 Å². The Kier molecular flexibility index (Phi) is 13.0. The minimum atomic E-state index is -1.24. The molecule has 12 heteroatoms. The number of hydrogen-bond acceptors (Lipinski definition) is 7. The quantitative estimate of drug-likeness (QED) is 0.142. The van der Waals surface area contributed by atoms with E-state index in [0.29, 0.717) is 24.9 Å². The van der Waals surface area contributed by atoms with Crippen molar-refractivity contribution in [2.45, 2.75) is 69.6 Å². The smallest absolute Gasteiger partial charge is 0.326 e. The molecule has 12 nitrogen and oxygen atoms in total. The Balaban J connectivity index is 2.99. The number of nitrogens with two attached hydrogens (primary N) is 2. The summed E-state index contributed by atoms with van der Waals surface area (Å²) in [5, 5.41) is 25.9. The van der Waals surface area contributed by atoms with Crippen molar-refractivity contribution in [3.8, 4) is 0 Å². The van der Waals surface area contributed by atoms with Crippen molar-refractivity contribution in [2.75, 3.05) is 6.54 Å². The summed E-state index contributed by atoms with van der Waals surface area (Å²) in [4.78, 5) is 60.6. The zero-order valence-electron chi connectivity index (χ0n) is 19.7. The molecule has 4 unspecified atom stereocenters. The van der Waals surface area contributed by atoms with Crippen molar-refractivity contribution >= 4 is 29.7 Å². The highest BCUT2D eigenvalue weighted by Gasteiger charge is 2.30. The lowest BCUT2D eigenvalue weighted by Gasteiger charge is -2.25. The fraction of sp³-hybridized carbons (Fsp3) is 0.522. The fourth-order valence-electron chi connectivity index (χ4n) is 3.20. The van der Waals surface area contributed by atoms with Gasteiger partial charge in [0.2, 0.25) is 17.7 Å². The van der Waals surface area contributed by atoms with E-state index in [4.69, 9.17) is 16.6 Å². The van der Waals surface area contributed by atoms with Crippen LogP contribution in [0.5, 0.6) is 0 Å². The summed E-state index contributed by atoms with van der Waals surface area (Å²) in [5.41, 5.74) is 11.7. The van der Waals surface area contributed by atoms with Crippen LogP contribution in [0.15, 0.2) is 30.3 Å². The number of unbranched alkanes of at least 4 members (excludes halogenated alkanes) is 1. The number of nitrogens with one attached hydrogen (secondary N) is 3. The first-order chi connectivity index (χ1) is 16.5. The summed E-state index contributed by atoms with van der Waals surface area (Å²) < 4.78 is 0. The average Bonchev–Trinajstić information content (AvgIpc) is 2.80. The second-order valence-corrected chi connectivity index (χ2v) is 8.22. The van der Waals surface area contributed by atoms with E-state index in [0.717, 1.165) is 0 Å². The van der Waals surface area contributed by atoms with E-state index in [-0.39, 0.29) is 19.3 Å². The molecule has 0 fully saturated rings. The molecular formula is C23H35N5O7. The predicted molar refractivity (Wildman–Crippen MR) is 127 cm³/mol. The summed E-state index contributed by atoms with van der Waals surface area (Å²) in [6.07, 6.45) is 0.617. The number of rotatable bonds is 16. The number of benzene rings is 1. The van der Waals surface area contributed by atoms with Gasteiger partial charge in [-0.3, -0.25) is 19.2 Å². The van der Waals surface area contributed by atoms with Crippen LogP contribution in [0.3, 0.4) is 0 Å². The van der Waals surface area contributed by atoms with Crippen LogP contribution >= 0.6 is 0 Å². The molecule has 1 rings (SSSR count). The van der Waals surface area contributed by atoms with E-state index in [9.17, 15) is 29.1 Å². The van der Waals surface area contributed by atoms with Crippen LogP contribution < -0.4 is 27.4 Å². The Morgan fingerprint density at radius 3 is 1.89 bits per heavy atom. The zero-order valence-corrected chi connectivity index (χ0v) is 19.7. The van der Waals surface area contributed by atoms with Crippen LogP contribution in [-0.4, -0.2) is 70.6 Å². The lowest BCUT2D eigenvalue weighted by atomic mass is 10.0. The highest BCUT2D eigenvalue weighted by atomic mass is 16.4. The van der Waals surface area contributed by atoms with Crippen LogP contribution in [0.1, 0.15) is 44.6 Å². The van der Waals surface area contributed by atoms with Crippen LogP contribution in [0.25, 0.3) is 0 Å². The van der Waals surface area contributed by atoms with Crippen molar-refractivity contribution in [3.05, 3.63) is 35.9 Å². The largest absolute Gasteiger partial charge is 0.481 e.